The van der Waals surface area contributed by atoms with Gasteiger partial charge in [0.2, 0.25) is 0 Å². The van der Waals surface area contributed by atoms with Crippen molar-refractivity contribution in [1.82, 2.24) is 5.32 Å². The lowest BCUT2D eigenvalue weighted by atomic mass is 10.1. The molecule has 178 valence electrons. The van der Waals surface area contributed by atoms with E-state index in [2.05, 4.69) is 15.4 Å². The Morgan fingerprint density at radius 3 is 2.18 bits per heavy atom. The summed E-state index contributed by atoms with van der Waals surface area (Å²) in [6.07, 6.45) is 0. The van der Waals surface area contributed by atoms with Crippen molar-refractivity contribution in [2.24, 2.45) is 5.92 Å². The number of benzene rings is 3. The quantitative estimate of drug-likeness (QED) is 0.434. The summed E-state index contributed by atoms with van der Waals surface area (Å²) in [4.78, 5) is 25.1. The van der Waals surface area contributed by atoms with Crippen molar-refractivity contribution in [2.45, 2.75) is 32.6 Å². The number of carbonyl (C=O) groups excluding carboxylic acids is 2. The van der Waals surface area contributed by atoms with Crippen LogP contribution in [0.25, 0.3) is 0 Å². The minimum atomic E-state index is -3.86. The Labute approximate surface area is 200 Å². The van der Waals surface area contributed by atoms with Crippen LogP contribution in [0, 0.1) is 19.8 Å². The molecule has 3 N–H and O–H groups in total. The lowest BCUT2D eigenvalue weighted by Crippen LogP contribution is -2.27. The van der Waals surface area contributed by atoms with Gasteiger partial charge in [0.05, 0.1) is 4.90 Å². The molecule has 0 atom stereocenters. The molecule has 8 heteroatoms. The first-order valence-corrected chi connectivity index (χ1v) is 12.4. The minimum Gasteiger partial charge on any atom is -0.352 e. The molecule has 3 rings (SSSR count). The maximum absolute atomic E-state index is 12.8. The van der Waals surface area contributed by atoms with E-state index in [4.69, 9.17) is 0 Å². The Hall–Kier alpha value is -3.65. The van der Waals surface area contributed by atoms with Gasteiger partial charge < -0.3 is 10.6 Å². The number of hydrogen-bond acceptors (Lipinski definition) is 4. The Balaban J connectivity index is 1.74. The van der Waals surface area contributed by atoms with Crippen LogP contribution in [0.2, 0.25) is 0 Å². The van der Waals surface area contributed by atoms with Crippen molar-refractivity contribution < 1.29 is 18.0 Å². The maximum atomic E-state index is 12.8. The minimum absolute atomic E-state index is 0.0189. The van der Waals surface area contributed by atoms with Crippen molar-refractivity contribution in [3.63, 3.8) is 0 Å². The van der Waals surface area contributed by atoms with E-state index in [0.717, 1.165) is 11.1 Å². The molecule has 7 nitrogen and oxygen atoms in total. The summed E-state index contributed by atoms with van der Waals surface area (Å²) < 4.78 is 28.1. The number of rotatable bonds is 8. The van der Waals surface area contributed by atoms with Crippen molar-refractivity contribution in [1.29, 1.82) is 0 Å². The van der Waals surface area contributed by atoms with E-state index in [1.54, 1.807) is 43.3 Å². The molecule has 0 aliphatic rings. The lowest BCUT2D eigenvalue weighted by molar-refractivity contribution is 0.0948. The summed E-state index contributed by atoms with van der Waals surface area (Å²) in [6, 6.07) is 17.8. The van der Waals surface area contributed by atoms with Gasteiger partial charge in [-0.2, -0.15) is 0 Å². The Morgan fingerprint density at radius 1 is 0.853 bits per heavy atom. The van der Waals surface area contributed by atoms with Gasteiger partial charge in [-0.3, -0.25) is 14.3 Å². The van der Waals surface area contributed by atoms with Gasteiger partial charge >= 0.3 is 0 Å². The second-order valence-electron chi connectivity index (χ2n) is 8.59. The molecule has 0 heterocycles. The van der Waals surface area contributed by atoms with Crippen LogP contribution in [-0.2, 0) is 10.0 Å². The van der Waals surface area contributed by atoms with Crippen molar-refractivity contribution in [3.8, 4) is 0 Å². The average Bonchev–Trinajstić information content (AvgIpc) is 2.80. The zero-order chi connectivity index (χ0) is 24.9. The van der Waals surface area contributed by atoms with Crippen LogP contribution in [0.1, 0.15) is 45.7 Å². The van der Waals surface area contributed by atoms with E-state index in [9.17, 15) is 18.0 Å². The molecule has 0 saturated heterocycles. The predicted molar refractivity (Wildman–Crippen MR) is 135 cm³/mol. The molecule has 0 aliphatic carbocycles. The highest BCUT2D eigenvalue weighted by molar-refractivity contribution is 7.92. The molecule has 2 amide bonds. The van der Waals surface area contributed by atoms with E-state index >= 15 is 0 Å². The molecule has 0 radical (unpaired) electrons. The van der Waals surface area contributed by atoms with E-state index in [0.29, 0.717) is 29.4 Å². The first kappa shape index (κ1) is 25.0. The van der Waals surface area contributed by atoms with Crippen LogP contribution in [0.4, 0.5) is 11.4 Å². The second kappa shape index (κ2) is 10.5. The van der Waals surface area contributed by atoms with Gasteiger partial charge in [-0.1, -0.05) is 37.6 Å². The molecule has 0 unspecified atom stereocenters. The third kappa shape index (κ3) is 6.45. The third-order valence-electron chi connectivity index (χ3n) is 5.12. The van der Waals surface area contributed by atoms with Gasteiger partial charge in [-0.25, -0.2) is 8.42 Å². The van der Waals surface area contributed by atoms with Gasteiger partial charge in [0.25, 0.3) is 21.8 Å². The fourth-order valence-corrected chi connectivity index (χ4v) is 4.28. The highest BCUT2D eigenvalue weighted by Gasteiger charge is 2.17. The van der Waals surface area contributed by atoms with Crippen LogP contribution < -0.4 is 15.4 Å². The normalized spacial score (nSPS) is 11.2. The molecule has 3 aromatic rings. The number of anilines is 2. The van der Waals surface area contributed by atoms with Crippen LogP contribution in [0.15, 0.2) is 71.6 Å². The van der Waals surface area contributed by atoms with Crippen molar-refractivity contribution in [2.75, 3.05) is 16.6 Å². The van der Waals surface area contributed by atoms with Crippen LogP contribution in [0.3, 0.4) is 0 Å². The molecular weight excluding hydrogens is 450 g/mol. The summed E-state index contributed by atoms with van der Waals surface area (Å²) >= 11 is 0. The number of carbonyl (C=O) groups is 2. The number of sulfonamides is 1. The molecule has 0 spiro atoms. The topological polar surface area (TPSA) is 104 Å². The molecule has 0 fully saturated rings. The number of nitrogens with one attached hydrogen (secondary N) is 3. The summed E-state index contributed by atoms with van der Waals surface area (Å²) in [5.41, 5.74) is 3.41. The van der Waals surface area contributed by atoms with Gasteiger partial charge in [0.1, 0.15) is 0 Å². The van der Waals surface area contributed by atoms with E-state index in [1.165, 1.54) is 18.2 Å². The molecule has 0 aromatic heterocycles. The Kier molecular flexibility index (Phi) is 7.73. The van der Waals surface area contributed by atoms with Crippen LogP contribution >= 0.6 is 0 Å². The highest BCUT2D eigenvalue weighted by Crippen LogP contribution is 2.20. The largest absolute Gasteiger partial charge is 0.352 e. The molecule has 0 saturated carbocycles. The van der Waals surface area contributed by atoms with Crippen LogP contribution in [0.5, 0.6) is 0 Å². The van der Waals surface area contributed by atoms with Gasteiger partial charge in [0, 0.05) is 29.0 Å². The average molecular weight is 480 g/mol. The van der Waals surface area contributed by atoms with Gasteiger partial charge in [-0.15, -0.1) is 0 Å². The van der Waals surface area contributed by atoms with E-state index in [1.807, 2.05) is 32.9 Å². The second-order valence-corrected chi connectivity index (χ2v) is 10.3. The summed E-state index contributed by atoms with van der Waals surface area (Å²) in [6.45, 7) is 8.32. The number of amides is 2. The summed E-state index contributed by atoms with van der Waals surface area (Å²) in [5.74, 6) is -0.281. The van der Waals surface area contributed by atoms with Crippen molar-refractivity contribution in [3.05, 3.63) is 89.0 Å². The lowest BCUT2D eigenvalue weighted by Gasteiger charge is -2.12. The molecule has 0 aliphatic heterocycles. The summed E-state index contributed by atoms with van der Waals surface area (Å²) in [5, 5.41) is 5.65. The smallest absolute Gasteiger partial charge is 0.261 e. The zero-order valence-electron chi connectivity index (χ0n) is 19.7. The fourth-order valence-electron chi connectivity index (χ4n) is 3.18. The number of hydrogen-bond donors (Lipinski definition) is 3. The monoisotopic (exact) mass is 479 g/mol. The standard InChI is InChI=1S/C26H29N3O4S/c1-17(2)16-27-25(30)21-10-13-24(19(4)14-21)28-26(31)20-6-5-7-23(15-20)34(32,33)29-22-11-8-18(3)9-12-22/h5-15,17,29H,16H2,1-4H3,(H,27,30)(H,28,31). The third-order valence-corrected chi connectivity index (χ3v) is 6.50. The predicted octanol–water partition coefficient (Wildman–Crippen LogP) is 4.74. The molecule has 0 bridgehead atoms. The van der Waals surface area contributed by atoms with E-state index in [-0.39, 0.29) is 16.4 Å². The van der Waals surface area contributed by atoms with Gasteiger partial charge in [-0.05, 0) is 73.9 Å². The first-order valence-electron chi connectivity index (χ1n) is 10.9. The van der Waals surface area contributed by atoms with Crippen molar-refractivity contribution >= 4 is 33.2 Å². The van der Waals surface area contributed by atoms with Crippen LogP contribution in [-0.4, -0.2) is 26.8 Å². The first-order chi connectivity index (χ1) is 16.0. The Bertz CT molecular complexity index is 1300. The van der Waals surface area contributed by atoms with E-state index < -0.39 is 15.9 Å². The zero-order valence-corrected chi connectivity index (χ0v) is 20.5. The highest BCUT2D eigenvalue weighted by atomic mass is 32.2. The molecule has 3 aromatic carbocycles. The van der Waals surface area contributed by atoms with Gasteiger partial charge in [0.15, 0.2) is 0 Å². The fraction of sp³-hybridized carbons (Fsp3) is 0.231. The molecule has 34 heavy (non-hydrogen) atoms. The summed E-state index contributed by atoms with van der Waals surface area (Å²) in [7, 11) is -3.86. The molecular formula is C26H29N3O4S. The number of aryl methyl sites for hydroxylation is 2. The Morgan fingerprint density at radius 2 is 1.53 bits per heavy atom. The maximum Gasteiger partial charge on any atom is 0.261 e. The SMILES string of the molecule is Cc1ccc(NS(=O)(=O)c2cccc(C(=O)Nc3ccc(C(=O)NCC(C)C)cc3C)c2)cc1.